The summed E-state index contributed by atoms with van der Waals surface area (Å²) in [4.78, 5) is 37.1. The number of rotatable bonds is 5. The fraction of sp³-hybridized carbons (Fsp3) is 0.438. The van der Waals surface area contributed by atoms with E-state index in [2.05, 4.69) is 21.2 Å². The summed E-state index contributed by atoms with van der Waals surface area (Å²) in [6.07, 6.45) is -0.371. The van der Waals surface area contributed by atoms with Crippen molar-refractivity contribution in [1.82, 2.24) is 10.2 Å². The smallest absolute Gasteiger partial charge is 0.243 e. The molecule has 0 saturated carbocycles. The minimum Gasteiger partial charge on any atom is -0.391 e. The number of nitrogens with two attached hydrogens (primary N) is 1. The van der Waals surface area contributed by atoms with Crippen molar-refractivity contribution >= 4 is 33.7 Å². The van der Waals surface area contributed by atoms with Gasteiger partial charge in [0.1, 0.15) is 12.1 Å². The Morgan fingerprint density at radius 2 is 2.08 bits per heavy atom. The number of benzene rings is 1. The molecule has 3 atom stereocenters. The molecule has 1 aliphatic rings. The predicted octanol–water partition coefficient (Wildman–Crippen LogP) is -0.0566. The highest BCUT2D eigenvalue weighted by molar-refractivity contribution is 9.10. The summed E-state index contributed by atoms with van der Waals surface area (Å²) < 4.78 is 0.812. The molecule has 1 aromatic rings. The Balaban J connectivity index is 2.10. The molecule has 1 aliphatic heterocycles. The van der Waals surface area contributed by atoms with E-state index < -0.39 is 30.0 Å². The number of hydrogen-bond acceptors (Lipinski definition) is 4. The van der Waals surface area contributed by atoms with Crippen LogP contribution >= 0.6 is 15.9 Å². The number of aliphatic hydroxyl groups excluding tert-OH is 1. The molecule has 1 aromatic carbocycles. The van der Waals surface area contributed by atoms with Crippen LogP contribution in [-0.2, 0) is 20.8 Å². The lowest BCUT2D eigenvalue weighted by atomic mass is 10.0. The lowest BCUT2D eigenvalue weighted by Gasteiger charge is -2.24. The third-order valence-electron chi connectivity index (χ3n) is 4.03. The van der Waals surface area contributed by atoms with E-state index in [0.29, 0.717) is 0 Å². The van der Waals surface area contributed by atoms with E-state index in [4.69, 9.17) is 5.73 Å². The van der Waals surface area contributed by atoms with Gasteiger partial charge in [-0.25, -0.2) is 0 Å². The van der Waals surface area contributed by atoms with Crippen LogP contribution in [0.4, 0.5) is 0 Å². The summed E-state index contributed by atoms with van der Waals surface area (Å²) in [6, 6.07) is 5.63. The third kappa shape index (κ3) is 4.33. The number of aliphatic hydroxyl groups is 1. The number of nitrogens with zero attached hydrogens (tertiary/aromatic N) is 1. The number of nitrogens with one attached hydrogen (secondary N) is 1. The second-order valence-electron chi connectivity index (χ2n) is 5.84. The van der Waals surface area contributed by atoms with Gasteiger partial charge in [0, 0.05) is 30.8 Å². The van der Waals surface area contributed by atoms with Crippen LogP contribution in [0.1, 0.15) is 18.9 Å². The van der Waals surface area contributed by atoms with Crippen molar-refractivity contribution in [3.63, 3.8) is 0 Å². The van der Waals surface area contributed by atoms with Gasteiger partial charge in [-0.3, -0.25) is 14.4 Å². The molecule has 8 heteroatoms. The number of likely N-dealkylation sites (tertiary alicyclic amines) is 1. The van der Waals surface area contributed by atoms with Crippen LogP contribution < -0.4 is 11.1 Å². The van der Waals surface area contributed by atoms with Crippen molar-refractivity contribution in [2.24, 2.45) is 5.73 Å². The second-order valence-corrected chi connectivity index (χ2v) is 6.69. The lowest BCUT2D eigenvalue weighted by Crippen LogP contribution is -2.52. The van der Waals surface area contributed by atoms with Crippen LogP contribution in [0, 0.1) is 0 Å². The Labute approximate surface area is 148 Å². The number of carbonyl (C=O) groups excluding carboxylic acids is 3. The number of halogens is 1. The van der Waals surface area contributed by atoms with Crippen LogP contribution in [0.5, 0.6) is 0 Å². The Hall–Kier alpha value is -1.93. The van der Waals surface area contributed by atoms with E-state index in [9.17, 15) is 19.5 Å². The Bertz CT molecular complexity index is 652. The summed E-state index contributed by atoms with van der Waals surface area (Å²) in [7, 11) is 0. The zero-order chi connectivity index (χ0) is 17.9. The first-order valence-electron chi connectivity index (χ1n) is 7.58. The molecule has 0 bridgehead atoms. The fourth-order valence-electron chi connectivity index (χ4n) is 2.78. The molecule has 0 aliphatic carbocycles. The zero-order valence-electron chi connectivity index (χ0n) is 13.2. The Morgan fingerprint density at radius 1 is 1.42 bits per heavy atom. The molecule has 24 heavy (non-hydrogen) atoms. The molecule has 7 nitrogen and oxygen atoms in total. The van der Waals surface area contributed by atoms with Crippen molar-refractivity contribution in [2.75, 3.05) is 6.54 Å². The average molecular weight is 398 g/mol. The highest BCUT2D eigenvalue weighted by Gasteiger charge is 2.38. The first-order valence-corrected chi connectivity index (χ1v) is 8.37. The predicted molar refractivity (Wildman–Crippen MR) is 90.8 cm³/mol. The van der Waals surface area contributed by atoms with E-state index in [-0.39, 0.29) is 25.3 Å². The third-order valence-corrected chi connectivity index (χ3v) is 4.80. The largest absolute Gasteiger partial charge is 0.391 e. The fourth-order valence-corrected chi connectivity index (χ4v) is 3.23. The van der Waals surface area contributed by atoms with Gasteiger partial charge in [-0.15, -0.1) is 0 Å². The SMILES string of the molecule is CC(=O)N1C[C@H](O)C[C@H]1C(=O)N[C@@H](Cc1ccccc1Br)C(N)=O. The maximum absolute atomic E-state index is 12.5. The van der Waals surface area contributed by atoms with Crippen molar-refractivity contribution in [3.8, 4) is 0 Å². The maximum Gasteiger partial charge on any atom is 0.243 e. The minimum atomic E-state index is -0.900. The molecule has 1 fully saturated rings. The molecule has 4 N–H and O–H groups in total. The van der Waals surface area contributed by atoms with Gasteiger partial charge in [-0.2, -0.15) is 0 Å². The quantitative estimate of drug-likeness (QED) is 0.645. The number of amides is 3. The van der Waals surface area contributed by atoms with Gasteiger partial charge < -0.3 is 21.1 Å². The summed E-state index contributed by atoms with van der Waals surface area (Å²) in [5.74, 6) is -1.45. The standard InChI is InChI=1S/C16H20BrN3O4/c1-9(21)20-8-11(22)7-14(20)16(24)19-13(15(18)23)6-10-4-2-3-5-12(10)17/h2-5,11,13-14,22H,6-8H2,1H3,(H2,18,23)(H,19,24)/t11-,13+,14+/m1/s1. The highest BCUT2D eigenvalue weighted by atomic mass is 79.9. The Kier molecular flexibility index (Phi) is 5.95. The van der Waals surface area contributed by atoms with E-state index in [1.54, 1.807) is 0 Å². The summed E-state index contributed by atoms with van der Waals surface area (Å²) in [6.45, 7) is 1.45. The van der Waals surface area contributed by atoms with Gasteiger partial charge in [0.2, 0.25) is 17.7 Å². The molecular weight excluding hydrogens is 378 g/mol. The first kappa shape index (κ1) is 18.4. The van der Waals surface area contributed by atoms with Crippen LogP contribution in [0.15, 0.2) is 28.7 Å². The second kappa shape index (κ2) is 7.76. The Morgan fingerprint density at radius 3 is 2.67 bits per heavy atom. The highest BCUT2D eigenvalue weighted by Crippen LogP contribution is 2.20. The summed E-state index contributed by atoms with van der Waals surface area (Å²) in [5.41, 5.74) is 6.23. The summed E-state index contributed by atoms with van der Waals surface area (Å²) >= 11 is 3.39. The topological polar surface area (TPSA) is 113 Å². The van der Waals surface area contributed by atoms with Crippen molar-refractivity contribution < 1.29 is 19.5 Å². The van der Waals surface area contributed by atoms with E-state index in [1.807, 2.05) is 24.3 Å². The molecular formula is C16H20BrN3O4. The molecule has 0 radical (unpaired) electrons. The molecule has 0 aromatic heterocycles. The van der Waals surface area contributed by atoms with Crippen LogP contribution in [-0.4, -0.2) is 52.5 Å². The summed E-state index contributed by atoms with van der Waals surface area (Å²) in [5, 5.41) is 12.3. The monoisotopic (exact) mass is 397 g/mol. The number of primary amides is 1. The van der Waals surface area contributed by atoms with Gasteiger partial charge in [0.25, 0.3) is 0 Å². The van der Waals surface area contributed by atoms with E-state index in [0.717, 1.165) is 10.0 Å². The van der Waals surface area contributed by atoms with Crippen LogP contribution in [0.3, 0.4) is 0 Å². The average Bonchev–Trinajstić information content (AvgIpc) is 2.91. The zero-order valence-corrected chi connectivity index (χ0v) is 14.8. The molecule has 1 saturated heterocycles. The minimum absolute atomic E-state index is 0.110. The number of carbonyl (C=O) groups is 3. The number of hydrogen-bond donors (Lipinski definition) is 3. The van der Waals surface area contributed by atoms with Crippen LogP contribution in [0.2, 0.25) is 0 Å². The van der Waals surface area contributed by atoms with Crippen molar-refractivity contribution in [3.05, 3.63) is 34.3 Å². The normalized spacial score (nSPS) is 21.4. The van der Waals surface area contributed by atoms with Gasteiger partial charge in [0.05, 0.1) is 6.10 Å². The van der Waals surface area contributed by atoms with Crippen molar-refractivity contribution in [2.45, 2.75) is 38.0 Å². The molecule has 0 spiro atoms. The van der Waals surface area contributed by atoms with Gasteiger partial charge in [-0.05, 0) is 11.6 Å². The van der Waals surface area contributed by atoms with Gasteiger partial charge in [0.15, 0.2) is 0 Å². The van der Waals surface area contributed by atoms with E-state index >= 15 is 0 Å². The van der Waals surface area contributed by atoms with Crippen molar-refractivity contribution in [1.29, 1.82) is 0 Å². The first-order chi connectivity index (χ1) is 11.3. The molecule has 3 amide bonds. The molecule has 0 unspecified atom stereocenters. The molecule has 2 rings (SSSR count). The van der Waals surface area contributed by atoms with Gasteiger partial charge >= 0.3 is 0 Å². The molecule has 1 heterocycles. The maximum atomic E-state index is 12.5. The van der Waals surface area contributed by atoms with Gasteiger partial charge in [-0.1, -0.05) is 34.1 Å². The van der Waals surface area contributed by atoms with Crippen LogP contribution in [0.25, 0.3) is 0 Å². The van der Waals surface area contributed by atoms with E-state index in [1.165, 1.54) is 11.8 Å². The molecule has 130 valence electrons. The lowest BCUT2D eigenvalue weighted by molar-refractivity contribution is -0.138. The number of β-amino-alcohol motifs (C(OH)–C–C–N with tert-alkyl or cyclic N) is 1.